The van der Waals surface area contributed by atoms with Gasteiger partial charge in [-0.1, -0.05) is 12.1 Å². The minimum atomic E-state index is -4.19. The lowest BCUT2D eigenvalue weighted by Gasteiger charge is -2.34. The standard InChI is InChI=1S/C21H16F2N4O4/c1-11(28)13-4-3-5-17-18(13)31-21(22,23)20(30)27(17)10-15-19(29)26(2)16-7-6-12(9-24)8-14(16)25-15/h3-8,11,28H,10H2,1-2H3. The van der Waals surface area contributed by atoms with Gasteiger partial charge in [0.05, 0.1) is 41.0 Å². The van der Waals surface area contributed by atoms with E-state index in [1.165, 1.54) is 48.9 Å². The predicted octanol–water partition coefficient (Wildman–Crippen LogP) is 2.38. The van der Waals surface area contributed by atoms with Crippen LogP contribution in [0.4, 0.5) is 14.5 Å². The zero-order valence-corrected chi connectivity index (χ0v) is 16.5. The number of carbonyl (C=O) groups is 1. The van der Waals surface area contributed by atoms with Crippen LogP contribution in [-0.4, -0.2) is 26.7 Å². The van der Waals surface area contributed by atoms with Gasteiger partial charge in [0.15, 0.2) is 5.75 Å². The summed E-state index contributed by atoms with van der Waals surface area (Å²) in [5, 5.41) is 19.0. The van der Waals surface area contributed by atoms with Crippen molar-refractivity contribution in [3.05, 3.63) is 63.6 Å². The number of nitriles is 1. The van der Waals surface area contributed by atoms with Gasteiger partial charge in [-0.2, -0.15) is 14.0 Å². The summed E-state index contributed by atoms with van der Waals surface area (Å²) in [7, 11) is 1.48. The van der Waals surface area contributed by atoms with E-state index in [2.05, 4.69) is 9.72 Å². The highest BCUT2D eigenvalue weighted by Crippen LogP contribution is 2.43. The van der Waals surface area contributed by atoms with Crippen molar-refractivity contribution >= 4 is 22.6 Å². The maximum atomic E-state index is 14.4. The Morgan fingerprint density at radius 2 is 2.03 bits per heavy atom. The van der Waals surface area contributed by atoms with E-state index in [9.17, 15) is 23.5 Å². The van der Waals surface area contributed by atoms with Gasteiger partial charge in [-0.3, -0.25) is 14.5 Å². The molecule has 1 aliphatic rings. The van der Waals surface area contributed by atoms with E-state index >= 15 is 0 Å². The van der Waals surface area contributed by atoms with Gasteiger partial charge in [0.25, 0.3) is 5.56 Å². The molecule has 0 bridgehead atoms. The molecule has 3 aromatic rings. The zero-order chi connectivity index (χ0) is 22.5. The number of hydrogen-bond acceptors (Lipinski definition) is 6. The molecule has 1 N–H and O–H groups in total. The second-order valence-corrected chi connectivity index (χ2v) is 7.12. The molecule has 0 radical (unpaired) electrons. The van der Waals surface area contributed by atoms with Crippen LogP contribution in [0.1, 0.15) is 29.8 Å². The molecule has 10 heteroatoms. The number of para-hydroxylation sites is 1. The van der Waals surface area contributed by atoms with Crippen LogP contribution in [-0.2, 0) is 18.4 Å². The van der Waals surface area contributed by atoms with Crippen molar-refractivity contribution in [2.24, 2.45) is 7.05 Å². The number of aliphatic hydroxyl groups excluding tert-OH is 1. The molecule has 0 aliphatic carbocycles. The summed E-state index contributed by atoms with van der Waals surface area (Å²) in [6.45, 7) is 0.832. The first-order valence-electron chi connectivity index (χ1n) is 9.23. The highest BCUT2D eigenvalue weighted by Gasteiger charge is 2.51. The Hall–Kier alpha value is -3.84. The van der Waals surface area contributed by atoms with E-state index in [-0.39, 0.29) is 22.7 Å². The van der Waals surface area contributed by atoms with E-state index in [1.54, 1.807) is 6.07 Å². The number of nitrogens with zero attached hydrogens (tertiary/aromatic N) is 4. The predicted molar refractivity (Wildman–Crippen MR) is 106 cm³/mol. The molecule has 0 saturated heterocycles. The van der Waals surface area contributed by atoms with E-state index in [4.69, 9.17) is 5.26 Å². The molecular formula is C21H16F2N4O4. The highest BCUT2D eigenvalue weighted by atomic mass is 19.3. The number of anilines is 1. The van der Waals surface area contributed by atoms with Crippen LogP contribution in [0.15, 0.2) is 41.2 Å². The molecule has 1 amide bonds. The SMILES string of the molecule is CC(O)c1cccc2c1OC(F)(F)C(=O)N2Cc1nc2cc(C#N)ccc2n(C)c1=O. The van der Waals surface area contributed by atoms with Crippen LogP contribution in [0.2, 0.25) is 0 Å². The Bertz CT molecular complexity index is 1330. The number of alkyl halides is 2. The Kier molecular flexibility index (Phi) is 4.71. The molecule has 158 valence electrons. The maximum Gasteiger partial charge on any atom is 0.483 e. The lowest BCUT2D eigenvalue weighted by molar-refractivity contribution is -0.193. The second kappa shape index (κ2) is 7.14. The molecule has 1 aliphatic heterocycles. The topological polar surface area (TPSA) is 108 Å². The monoisotopic (exact) mass is 426 g/mol. The average molecular weight is 426 g/mol. The van der Waals surface area contributed by atoms with Crippen LogP contribution in [0.3, 0.4) is 0 Å². The van der Waals surface area contributed by atoms with Crippen molar-refractivity contribution in [1.82, 2.24) is 9.55 Å². The van der Waals surface area contributed by atoms with Crippen molar-refractivity contribution in [3.8, 4) is 11.8 Å². The van der Waals surface area contributed by atoms with Gasteiger partial charge in [-0.05, 0) is 31.2 Å². The second-order valence-electron chi connectivity index (χ2n) is 7.12. The first-order valence-corrected chi connectivity index (χ1v) is 9.23. The molecule has 0 spiro atoms. The quantitative estimate of drug-likeness (QED) is 0.689. The van der Waals surface area contributed by atoms with Gasteiger partial charge in [-0.25, -0.2) is 4.98 Å². The number of aromatic nitrogens is 2. The van der Waals surface area contributed by atoms with E-state index in [0.29, 0.717) is 21.5 Å². The number of fused-ring (bicyclic) bond motifs is 2. The van der Waals surface area contributed by atoms with Crippen LogP contribution in [0, 0.1) is 11.3 Å². The van der Waals surface area contributed by atoms with Gasteiger partial charge in [-0.15, -0.1) is 0 Å². The van der Waals surface area contributed by atoms with Crippen LogP contribution in [0.25, 0.3) is 11.0 Å². The summed E-state index contributed by atoms with van der Waals surface area (Å²) < 4.78 is 34.6. The average Bonchev–Trinajstić information content (AvgIpc) is 2.73. The van der Waals surface area contributed by atoms with Gasteiger partial charge in [0, 0.05) is 12.6 Å². The number of aryl methyl sites for hydroxylation is 1. The molecule has 8 nitrogen and oxygen atoms in total. The summed E-state index contributed by atoms with van der Waals surface area (Å²) in [6.07, 6.45) is -5.31. The first-order chi connectivity index (χ1) is 14.6. The molecule has 0 saturated carbocycles. The molecule has 0 fully saturated rings. The van der Waals surface area contributed by atoms with Crippen molar-refractivity contribution in [1.29, 1.82) is 5.26 Å². The fourth-order valence-electron chi connectivity index (χ4n) is 3.51. The number of benzene rings is 2. The van der Waals surface area contributed by atoms with Crippen molar-refractivity contribution < 1.29 is 23.4 Å². The summed E-state index contributed by atoms with van der Waals surface area (Å²) >= 11 is 0. The van der Waals surface area contributed by atoms with Crippen LogP contribution >= 0.6 is 0 Å². The van der Waals surface area contributed by atoms with Crippen molar-refractivity contribution in [3.63, 3.8) is 0 Å². The zero-order valence-electron chi connectivity index (χ0n) is 16.5. The fourth-order valence-corrected chi connectivity index (χ4v) is 3.51. The van der Waals surface area contributed by atoms with Gasteiger partial charge >= 0.3 is 12.0 Å². The summed E-state index contributed by atoms with van der Waals surface area (Å²) in [6, 6.07) is 10.8. The normalized spacial score (nSPS) is 15.9. The Morgan fingerprint density at radius 3 is 2.71 bits per heavy atom. The molecule has 31 heavy (non-hydrogen) atoms. The minimum Gasteiger partial charge on any atom is -0.423 e. The van der Waals surface area contributed by atoms with E-state index < -0.39 is 30.2 Å². The first kappa shape index (κ1) is 20.4. The Morgan fingerprint density at radius 1 is 1.29 bits per heavy atom. The Labute approximate surface area is 174 Å². The van der Waals surface area contributed by atoms with Gasteiger partial charge in [0.2, 0.25) is 0 Å². The molecule has 1 aromatic heterocycles. The summed E-state index contributed by atoms with van der Waals surface area (Å²) in [5.41, 5.74) is 0.393. The molecule has 1 unspecified atom stereocenters. The highest BCUT2D eigenvalue weighted by molar-refractivity contribution is 6.01. The van der Waals surface area contributed by atoms with Gasteiger partial charge in [0.1, 0.15) is 5.69 Å². The van der Waals surface area contributed by atoms with Gasteiger partial charge < -0.3 is 14.4 Å². The number of aliphatic hydroxyl groups is 1. The number of carbonyl (C=O) groups excluding carboxylic acids is 1. The largest absolute Gasteiger partial charge is 0.483 e. The Balaban J connectivity index is 1.88. The van der Waals surface area contributed by atoms with E-state index in [0.717, 1.165) is 0 Å². The lowest BCUT2D eigenvalue weighted by Crippen LogP contribution is -2.51. The lowest BCUT2D eigenvalue weighted by atomic mass is 10.1. The van der Waals surface area contributed by atoms with Crippen LogP contribution < -0.4 is 15.2 Å². The summed E-state index contributed by atoms with van der Waals surface area (Å²) in [4.78, 5) is 30.2. The number of amides is 1. The third-order valence-corrected chi connectivity index (χ3v) is 5.07. The molecule has 2 aromatic carbocycles. The smallest absolute Gasteiger partial charge is 0.423 e. The number of halogens is 2. The molecule has 2 heterocycles. The molecule has 4 rings (SSSR count). The molecule has 1 atom stereocenters. The van der Waals surface area contributed by atoms with Crippen molar-refractivity contribution in [2.75, 3.05) is 4.90 Å². The maximum absolute atomic E-state index is 14.4. The number of ether oxygens (including phenoxy) is 1. The van der Waals surface area contributed by atoms with Crippen molar-refractivity contribution in [2.45, 2.75) is 25.7 Å². The fraction of sp³-hybridized carbons (Fsp3) is 0.238. The third-order valence-electron chi connectivity index (χ3n) is 5.07. The third kappa shape index (κ3) is 3.29. The number of hydrogen-bond donors (Lipinski definition) is 1. The van der Waals surface area contributed by atoms with Crippen LogP contribution in [0.5, 0.6) is 5.75 Å². The minimum absolute atomic E-state index is 0.0101. The number of rotatable bonds is 3. The summed E-state index contributed by atoms with van der Waals surface area (Å²) in [5.74, 6) is -2.00. The molecular weight excluding hydrogens is 410 g/mol. The van der Waals surface area contributed by atoms with E-state index in [1.807, 2.05) is 6.07 Å².